The summed E-state index contributed by atoms with van der Waals surface area (Å²) in [6.07, 6.45) is 0. The number of esters is 1. The van der Waals surface area contributed by atoms with Crippen molar-refractivity contribution in [2.75, 3.05) is 7.11 Å². The molecule has 11 heavy (non-hydrogen) atoms. The second kappa shape index (κ2) is 3.67. The second-order valence-electron chi connectivity index (χ2n) is 1.89. The minimum Gasteiger partial charge on any atom is -0.466 e. The van der Waals surface area contributed by atoms with Crippen LogP contribution in [0.5, 0.6) is 0 Å². The number of hydrogen-bond donors (Lipinski definition) is 2. The minimum atomic E-state index is -4.25. The Kier molecular flexibility index (Phi) is 3.45. The molecule has 6 heteroatoms. The molecule has 0 aliphatic rings. The highest BCUT2D eigenvalue weighted by molar-refractivity contribution is 7.55. The molecule has 0 saturated heterocycles. The average Bonchev–Trinajstić information content (AvgIpc) is 1.82. The zero-order valence-electron chi connectivity index (χ0n) is 6.14. The van der Waals surface area contributed by atoms with E-state index < -0.39 is 13.6 Å². The van der Waals surface area contributed by atoms with E-state index in [1.807, 2.05) is 0 Å². The van der Waals surface area contributed by atoms with Gasteiger partial charge in [-0.1, -0.05) is 0 Å². The van der Waals surface area contributed by atoms with Crippen molar-refractivity contribution in [2.24, 2.45) is 0 Å². The minimum absolute atomic E-state index is 0.0965. The van der Waals surface area contributed by atoms with E-state index >= 15 is 0 Å². The Morgan fingerprint density at radius 3 is 2.27 bits per heavy atom. The molecular weight excluding hydrogens is 171 g/mol. The molecule has 0 spiro atoms. The molecule has 0 saturated carbocycles. The van der Waals surface area contributed by atoms with Gasteiger partial charge in [0.25, 0.3) is 0 Å². The number of carbonyl (C=O) groups is 1. The summed E-state index contributed by atoms with van der Waals surface area (Å²) < 4.78 is 14.5. The third-order valence-electron chi connectivity index (χ3n) is 0.869. The molecule has 0 heterocycles. The molecule has 64 valence electrons. The Morgan fingerprint density at radius 2 is 2.00 bits per heavy atom. The molecule has 0 radical (unpaired) electrons. The molecule has 0 bridgehead atoms. The number of carbonyl (C=O) groups excluding carboxylic acids is 1. The molecule has 0 fully saturated rings. The van der Waals surface area contributed by atoms with Crippen molar-refractivity contribution < 1.29 is 23.9 Å². The first-order valence-electron chi connectivity index (χ1n) is 2.70. The Hall–Kier alpha value is -0.640. The molecule has 0 unspecified atom stereocenters. The molecule has 0 aliphatic heterocycles. The fourth-order valence-electron chi connectivity index (χ4n) is 0.466. The third-order valence-corrected chi connectivity index (χ3v) is 1.59. The number of rotatable bonds is 2. The van der Waals surface area contributed by atoms with Gasteiger partial charge in [0.1, 0.15) is 0 Å². The van der Waals surface area contributed by atoms with Crippen molar-refractivity contribution in [3.63, 3.8) is 0 Å². The van der Waals surface area contributed by atoms with Crippen LogP contribution in [0.15, 0.2) is 11.4 Å². The van der Waals surface area contributed by atoms with E-state index in [0.29, 0.717) is 5.82 Å². The molecule has 5 nitrogen and oxygen atoms in total. The first kappa shape index (κ1) is 10.4. The maximum absolute atomic E-state index is 10.6. The van der Waals surface area contributed by atoms with Crippen LogP contribution in [0.1, 0.15) is 6.92 Å². The Balaban J connectivity index is 4.48. The second-order valence-corrected chi connectivity index (χ2v) is 3.33. The van der Waals surface area contributed by atoms with Gasteiger partial charge >= 0.3 is 13.6 Å². The van der Waals surface area contributed by atoms with Gasteiger partial charge in [-0.25, -0.2) is 4.79 Å². The summed E-state index contributed by atoms with van der Waals surface area (Å²) in [6.45, 7) is 1.27. The normalized spacial score (nSPS) is 12.9. The van der Waals surface area contributed by atoms with E-state index in [1.54, 1.807) is 0 Å². The quantitative estimate of drug-likeness (QED) is 0.361. The monoisotopic (exact) mass is 180 g/mol. The predicted molar refractivity (Wildman–Crippen MR) is 37.8 cm³/mol. The van der Waals surface area contributed by atoms with E-state index in [4.69, 9.17) is 9.79 Å². The van der Waals surface area contributed by atoms with E-state index in [9.17, 15) is 9.36 Å². The topological polar surface area (TPSA) is 83.8 Å². The zero-order valence-corrected chi connectivity index (χ0v) is 7.04. The van der Waals surface area contributed by atoms with Crippen LogP contribution in [-0.4, -0.2) is 22.9 Å². The lowest BCUT2D eigenvalue weighted by molar-refractivity contribution is -0.136. The van der Waals surface area contributed by atoms with E-state index in [2.05, 4.69) is 4.74 Å². The van der Waals surface area contributed by atoms with Crippen molar-refractivity contribution in [3.8, 4) is 0 Å². The van der Waals surface area contributed by atoms with Crippen molar-refractivity contribution in [1.29, 1.82) is 0 Å². The first-order chi connectivity index (χ1) is 4.87. The van der Waals surface area contributed by atoms with Crippen LogP contribution >= 0.6 is 7.60 Å². The van der Waals surface area contributed by atoms with E-state index in [-0.39, 0.29) is 5.57 Å². The SMILES string of the molecule is COC(=O)/C(C)=C/P(=O)(O)O. The fourth-order valence-corrected chi connectivity index (χ4v) is 1.08. The lowest BCUT2D eigenvalue weighted by Crippen LogP contribution is -2.01. The maximum atomic E-state index is 10.6. The predicted octanol–water partition coefficient (Wildman–Crippen LogP) is 0.241. The van der Waals surface area contributed by atoms with Crippen LogP contribution in [0, 0.1) is 0 Å². The highest BCUT2D eigenvalue weighted by atomic mass is 31.2. The number of hydrogen-bond acceptors (Lipinski definition) is 3. The molecule has 0 aromatic rings. The standard InChI is InChI=1S/C5H9O5P/c1-4(5(6)10-2)3-11(7,8)9/h3H,1-2H3,(H2,7,8,9)/b4-3+. The molecule has 0 rings (SSSR count). The zero-order chi connectivity index (χ0) is 9.07. The van der Waals surface area contributed by atoms with Crippen LogP contribution < -0.4 is 0 Å². The van der Waals surface area contributed by atoms with Gasteiger partial charge in [0.05, 0.1) is 7.11 Å². The lowest BCUT2D eigenvalue weighted by Gasteiger charge is -1.99. The van der Waals surface area contributed by atoms with Gasteiger partial charge < -0.3 is 14.5 Å². The molecule has 0 aromatic carbocycles. The summed E-state index contributed by atoms with van der Waals surface area (Å²) in [7, 11) is -3.11. The summed E-state index contributed by atoms with van der Waals surface area (Å²) >= 11 is 0. The summed E-state index contributed by atoms with van der Waals surface area (Å²) in [5.74, 6) is -0.174. The molecule has 0 atom stereocenters. The van der Waals surface area contributed by atoms with Crippen LogP contribution in [0.25, 0.3) is 0 Å². The highest BCUT2D eigenvalue weighted by Gasteiger charge is 2.12. The van der Waals surface area contributed by atoms with Gasteiger partial charge in [-0.05, 0) is 6.92 Å². The fraction of sp³-hybridized carbons (Fsp3) is 0.400. The summed E-state index contributed by atoms with van der Waals surface area (Å²) in [4.78, 5) is 27.3. The Morgan fingerprint density at radius 1 is 1.55 bits per heavy atom. The first-order valence-corrected chi connectivity index (χ1v) is 4.38. The van der Waals surface area contributed by atoms with Crippen molar-refractivity contribution in [3.05, 3.63) is 11.4 Å². The van der Waals surface area contributed by atoms with Gasteiger partial charge in [0.2, 0.25) is 0 Å². The third kappa shape index (κ3) is 4.72. The highest BCUT2D eigenvalue weighted by Crippen LogP contribution is 2.37. The summed E-state index contributed by atoms with van der Waals surface area (Å²) in [5, 5.41) is 0. The number of ether oxygens (including phenoxy) is 1. The van der Waals surface area contributed by atoms with Crippen LogP contribution in [-0.2, 0) is 14.1 Å². The number of methoxy groups -OCH3 is 1. The van der Waals surface area contributed by atoms with Crippen molar-refractivity contribution in [2.45, 2.75) is 6.92 Å². The van der Waals surface area contributed by atoms with Crippen molar-refractivity contribution in [1.82, 2.24) is 0 Å². The summed E-state index contributed by atoms with van der Waals surface area (Å²) in [5.41, 5.74) is -0.0965. The lowest BCUT2D eigenvalue weighted by atomic mass is 10.4. The van der Waals surface area contributed by atoms with Gasteiger partial charge in [0, 0.05) is 11.4 Å². The Bertz CT molecular complexity index is 225. The van der Waals surface area contributed by atoms with Crippen molar-refractivity contribution >= 4 is 13.6 Å². The van der Waals surface area contributed by atoms with Gasteiger partial charge in [-0.15, -0.1) is 0 Å². The molecule has 0 amide bonds. The summed E-state index contributed by atoms with van der Waals surface area (Å²) in [6, 6.07) is 0. The van der Waals surface area contributed by atoms with E-state index in [1.165, 1.54) is 6.92 Å². The van der Waals surface area contributed by atoms with Crippen LogP contribution in [0.3, 0.4) is 0 Å². The van der Waals surface area contributed by atoms with Gasteiger partial charge in [-0.3, -0.25) is 4.57 Å². The molecule has 0 aromatic heterocycles. The molecular formula is C5H9O5P. The van der Waals surface area contributed by atoms with Crippen LogP contribution in [0.4, 0.5) is 0 Å². The smallest absolute Gasteiger partial charge is 0.349 e. The van der Waals surface area contributed by atoms with Gasteiger partial charge in [0.15, 0.2) is 0 Å². The van der Waals surface area contributed by atoms with E-state index in [0.717, 1.165) is 7.11 Å². The van der Waals surface area contributed by atoms with Gasteiger partial charge in [-0.2, -0.15) is 0 Å². The molecule has 2 N–H and O–H groups in total. The largest absolute Gasteiger partial charge is 0.466 e. The van der Waals surface area contributed by atoms with Crippen LogP contribution in [0.2, 0.25) is 0 Å². The molecule has 0 aliphatic carbocycles. The Labute approximate surface area is 63.8 Å². The maximum Gasteiger partial charge on any atom is 0.349 e. The average molecular weight is 180 g/mol.